The molecule has 0 bridgehead atoms. The number of nitrogens with zero attached hydrogens (tertiary/aromatic N) is 6. The highest BCUT2D eigenvalue weighted by molar-refractivity contribution is 5.57. The molecule has 116 valence electrons. The summed E-state index contributed by atoms with van der Waals surface area (Å²) in [5.74, 6) is 1.72. The molecule has 0 saturated carbocycles. The van der Waals surface area contributed by atoms with Crippen LogP contribution in [-0.2, 0) is 0 Å². The number of aromatic nitrogens is 5. The van der Waals surface area contributed by atoms with E-state index in [1.165, 1.54) is 0 Å². The van der Waals surface area contributed by atoms with Crippen LogP contribution in [0.25, 0.3) is 11.4 Å². The number of hydrogen-bond acceptors (Lipinski definition) is 5. The van der Waals surface area contributed by atoms with Crippen LogP contribution in [0.2, 0.25) is 0 Å². The fourth-order valence-electron chi connectivity index (χ4n) is 3.02. The average Bonchev–Trinajstić information content (AvgIpc) is 3.26. The second kappa shape index (κ2) is 5.79. The van der Waals surface area contributed by atoms with Crippen LogP contribution in [0.5, 0.6) is 0 Å². The highest BCUT2D eigenvalue weighted by atomic mass is 15.3. The van der Waals surface area contributed by atoms with Gasteiger partial charge in [-0.3, -0.25) is 4.98 Å². The second-order valence-corrected chi connectivity index (χ2v) is 5.83. The molecule has 4 heterocycles. The summed E-state index contributed by atoms with van der Waals surface area (Å²) in [6.45, 7) is 3.94. The van der Waals surface area contributed by atoms with Crippen molar-refractivity contribution in [1.29, 1.82) is 0 Å². The largest absolute Gasteiger partial charge is 0.354 e. The van der Waals surface area contributed by atoms with Crippen LogP contribution in [0, 0.1) is 6.92 Å². The van der Waals surface area contributed by atoms with E-state index in [2.05, 4.69) is 30.5 Å². The van der Waals surface area contributed by atoms with Gasteiger partial charge < -0.3 is 9.47 Å². The standard InChI is InChI=1S/C17H18N6/c1-13-9-16(21-17(20-13)14-3-2-5-18-10-14)22-7-4-15(11-22)23-8-6-19-12-23/h2-3,5-6,8-10,12,15H,4,7,11H2,1H3/t15-/m0/s1. The molecule has 6 heteroatoms. The van der Waals surface area contributed by atoms with Gasteiger partial charge in [0.15, 0.2) is 5.82 Å². The fourth-order valence-corrected chi connectivity index (χ4v) is 3.02. The lowest BCUT2D eigenvalue weighted by Gasteiger charge is -2.19. The van der Waals surface area contributed by atoms with Crippen molar-refractivity contribution in [2.24, 2.45) is 0 Å². The van der Waals surface area contributed by atoms with E-state index in [0.29, 0.717) is 6.04 Å². The first kappa shape index (κ1) is 13.9. The first-order valence-electron chi connectivity index (χ1n) is 7.78. The SMILES string of the molecule is Cc1cc(N2CC[C@H](n3ccnc3)C2)nc(-c2cccnc2)n1. The zero-order valence-corrected chi connectivity index (χ0v) is 13.0. The molecule has 1 saturated heterocycles. The van der Waals surface area contributed by atoms with Crippen molar-refractivity contribution in [3.63, 3.8) is 0 Å². The van der Waals surface area contributed by atoms with Gasteiger partial charge in [-0.1, -0.05) is 0 Å². The highest BCUT2D eigenvalue weighted by Gasteiger charge is 2.25. The molecule has 0 spiro atoms. The quantitative estimate of drug-likeness (QED) is 0.744. The summed E-state index contributed by atoms with van der Waals surface area (Å²) in [4.78, 5) is 19.9. The smallest absolute Gasteiger partial charge is 0.163 e. The monoisotopic (exact) mass is 306 g/mol. The van der Waals surface area contributed by atoms with Gasteiger partial charge in [-0.25, -0.2) is 15.0 Å². The Morgan fingerprint density at radius 3 is 2.91 bits per heavy atom. The average molecular weight is 306 g/mol. The van der Waals surface area contributed by atoms with Crippen molar-refractivity contribution in [2.45, 2.75) is 19.4 Å². The van der Waals surface area contributed by atoms with Crippen LogP contribution in [0.4, 0.5) is 5.82 Å². The molecule has 3 aromatic heterocycles. The van der Waals surface area contributed by atoms with Crippen LogP contribution in [-0.4, -0.2) is 37.6 Å². The Bertz CT molecular complexity index is 784. The summed E-state index contributed by atoms with van der Waals surface area (Å²) in [6, 6.07) is 6.40. The van der Waals surface area contributed by atoms with E-state index in [9.17, 15) is 0 Å². The lowest BCUT2D eigenvalue weighted by molar-refractivity contribution is 0.551. The van der Waals surface area contributed by atoms with Crippen LogP contribution in [0.1, 0.15) is 18.2 Å². The van der Waals surface area contributed by atoms with Gasteiger partial charge in [-0.05, 0) is 25.5 Å². The maximum Gasteiger partial charge on any atom is 0.163 e. The predicted octanol–water partition coefficient (Wildman–Crippen LogP) is 2.49. The van der Waals surface area contributed by atoms with E-state index in [0.717, 1.165) is 42.4 Å². The molecule has 1 aliphatic heterocycles. The summed E-state index contributed by atoms with van der Waals surface area (Å²) in [6.07, 6.45) is 10.4. The normalized spacial score (nSPS) is 17.6. The Kier molecular flexibility index (Phi) is 3.49. The Balaban J connectivity index is 1.61. The van der Waals surface area contributed by atoms with Gasteiger partial charge in [0.2, 0.25) is 0 Å². The van der Waals surface area contributed by atoms with Crippen LogP contribution in [0.3, 0.4) is 0 Å². The Morgan fingerprint density at radius 2 is 2.13 bits per heavy atom. The van der Waals surface area contributed by atoms with E-state index in [4.69, 9.17) is 4.98 Å². The third-order valence-corrected chi connectivity index (χ3v) is 4.19. The molecule has 0 N–H and O–H groups in total. The van der Waals surface area contributed by atoms with Crippen molar-refractivity contribution < 1.29 is 0 Å². The van der Waals surface area contributed by atoms with Crippen molar-refractivity contribution in [1.82, 2.24) is 24.5 Å². The van der Waals surface area contributed by atoms with Gasteiger partial charge in [-0.15, -0.1) is 0 Å². The molecule has 1 atom stereocenters. The predicted molar refractivity (Wildman–Crippen MR) is 88.1 cm³/mol. The Labute approximate surface area is 134 Å². The van der Waals surface area contributed by atoms with Gasteiger partial charge in [0, 0.05) is 55.2 Å². The van der Waals surface area contributed by atoms with E-state index in [-0.39, 0.29) is 0 Å². The van der Waals surface area contributed by atoms with Crippen molar-refractivity contribution in [3.05, 3.63) is 55.0 Å². The van der Waals surface area contributed by atoms with Crippen molar-refractivity contribution >= 4 is 5.82 Å². The number of aryl methyl sites for hydroxylation is 1. The van der Waals surface area contributed by atoms with Gasteiger partial charge >= 0.3 is 0 Å². The Hall–Kier alpha value is -2.76. The first-order valence-corrected chi connectivity index (χ1v) is 7.78. The summed E-state index contributed by atoms with van der Waals surface area (Å²) in [7, 11) is 0. The van der Waals surface area contributed by atoms with Crippen molar-refractivity contribution in [3.8, 4) is 11.4 Å². The van der Waals surface area contributed by atoms with Crippen LogP contribution < -0.4 is 4.90 Å². The first-order chi connectivity index (χ1) is 11.3. The zero-order chi connectivity index (χ0) is 15.6. The second-order valence-electron chi connectivity index (χ2n) is 5.83. The van der Waals surface area contributed by atoms with Crippen LogP contribution >= 0.6 is 0 Å². The topological polar surface area (TPSA) is 59.7 Å². The number of rotatable bonds is 3. The summed E-state index contributed by atoms with van der Waals surface area (Å²) < 4.78 is 2.18. The number of imidazole rings is 1. The molecule has 1 aliphatic rings. The van der Waals surface area contributed by atoms with Crippen molar-refractivity contribution in [2.75, 3.05) is 18.0 Å². The summed E-state index contributed by atoms with van der Waals surface area (Å²) in [5, 5.41) is 0. The fraction of sp³-hybridized carbons (Fsp3) is 0.294. The molecule has 0 aromatic carbocycles. The molecule has 0 amide bonds. The third kappa shape index (κ3) is 2.79. The molecule has 6 nitrogen and oxygen atoms in total. The van der Waals surface area contributed by atoms with Gasteiger partial charge in [0.25, 0.3) is 0 Å². The molecule has 3 aromatic rings. The lowest BCUT2D eigenvalue weighted by Crippen LogP contribution is -2.22. The number of hydrogen-bond donors (Lipinski definition) is 0. The maximum absolute atomic E-state index is 4.75. The minimum atomic E-state index is 0.453. The molecule has 0 unspecified atom stereocenters. The third-order valence-electron chi connectivity index (χ3n) is 4.19. The molecule has 23 heavy (non-hydrogen) atoms. The molecule has 0 radical (unpaired) electrons. The highest BCUT2D eigenvalue weighted by Crippen LogP contribution is 2.27. The van der Waals surface area contributed by atoms with Gasteiger partial charge in [0.05, 0.1) is 12.4 Å². The summed E-state index contributed by atoms with van der Waals surface area (Å²) >= 11 is 0. The van der Waals surface area contributed by atoms with E-state index in [1.54, 1.807) is 12.4 Å². The molecule has 0 aliphatic carbocycles. The van der Waals surface area contributed by atoms with Gasteiger partial charge in [-0.2, -0.15) is 0 Å². The van der Waals surface area contributed by atoms with Crippen LogP contribution in [0.15, 0.2) is 49.3 Å². The zero-order valence-electron chi connectivity index (χ0n) is 13.0. The van der Waals surface area contributed by atoms with E-state index >= 15 is 0 Å². The van der Waals surface area contributed by atoms with Gasteiger partial charge in [0.1, 0.15) is 5.82 Å². The maximum atomic E-state index is 4.75. The molecular formula is C17H18N6. The minimum absolute atomic E-state index is 0.453. The Morgan fingerprint density at radius 1 is 1.17 bits per heavy atom. The molecule has 1 fully saturated rings. The number of anilines is 1. The lowest BCUT2D eigenvalue weighted by atomic mass is 10.2. The van der Waals surface area contributed by atoms with E-state index < -0.39 is 0 Å². The number of pyridine rings is 1. The minimum Gasteiger partial charge on any atom is -0.354 e. The molecular weight excluding hydrogens is 288 g/mol. The summed E-state index contributed by atoms with van der Waals surface area (Å²) in [5.41, 5.74) is 1.92. The van der Waals surface area contributed by atoms with E-state index in [1.807, 2.05) is 37.8 Å². The molecule has 4 rings (SSSR count).